The minimum Gasteiger partial charge on any atom is -0.468 e. The Morgan fingerprint density at radius 1 is 1.03 bits per heavy atom. The summed E-state index contributed by atoms with van der Waals surface area (Å²) < 4.78 is 4.89. The number of hydrogen-bond donors (Lipinski definition) is 2. The third-order valence-corrected chi connectivity index (χ3v) is 7.57. The molecule has 2 aromatic carbocycles. The molecule has 0 unspecified atom stereocenters. The Kier molecular flexibility index (Phi) is 9.96. The van der Waals surface area contributed by atoms with Crippen LogP contribution < -0.4 is 5.32 Å². The number of para-hydroxylation sites is 1. The number of amides is 2. The maximum absolute atomic E-state index is 13.8. The zero-order valence-corrected chi connectivity index (χ0v) is 22.3. The largest absolute Gasteiger partial charge is 0.468 e. The van der Waals surface area contributed by atoms with E-state index in [2.05, 4.69) is 10.3 Å². The van der Waals surface area contributed by atoms with Crippen LogP contribution in [-0.2, 0) is 32.0 Å². The number of benzene rings is 2. The molecular formula is C31H39N3O4. The van der Waals surface area contributed by atoms with Crippen molar-refractivity contribution >= 4 is 28.7 Å². The topological polar surface area (TPSA) is 91.5 Å². The molecule has 1 aliphatic rings. The highest BCUT2D eigenvalue weighted by atomic mass is 16.5. The molecule has 1 fully saturated rings. The fourth-order valence-electron chi connectivity index (χ4n) is 5.50. The molecule has 1 aromatic heterocycles. The fourth-order valence-corrected chi connectivity index (χ4v) is 5.50. The minimum atomic E-state index is -0.783. The summed E-state index contributed by atoms with van der Waals surface area (Å²) in [5, 5.41) is 3.97. The third kappa shape index (κ3) is 7.70. The number of aromatic amines is 1. The Morgan fingerprint density at radius 2 is 1.76 bits per heavy atom. The van der Waals surface area contributed by atoms with Crippen LogP contribution in [0.3, 0.4) is 0 Å². The molecule has 0 spiro atoms. The zero-order valence-electron chi connectivity index (χ0n) is 22.3. The molecule has 4 rings (SSSR count). The molecule has 7 heteroatoms. The molecule has 2 amide bonds. The summed E-state index contributed by atoms with van der Waals surface area (Å²) >= 11 is 0. The second-order valence-corrected chi connectivity index (χ2v) is 10.3. The quantitative estimate of drug-likeness (QED) is 0.338. The monoisotopic (exact) mass is 517 g/mol. The van der Waals surface area contributed by atoms with Gasteiger partial charge in [-0.15, -0.1) is 0 Å². The normalized spacial score (nSPS) is 14.7. The maximum atomic E-state index is 13.8. The molecule has 0 aliphatic heterocycles. The van der Waals surface area contributed by atoms with E-state index < -0.39 is 12.0 Å². The van der Waals surface area contributed by atoms with Gasteiger partial charge in [0.2, 0.25) is 11.8 Å². The van der Waals surface area contributed by atoms with E-state index in [9.17, 15) is 14.4 Å². The molecule has 38 heavy (non-hydrogen) atoms. The number of carbonyl (C=O) groups is 3. The fraction of sp³-hybridized carbons (Fsp3) is 0.452. The highest BCUT2D eigenvalue weighted by molar-refractivity contribution is 5.93. The van der Waals surface area contributed by atoms with E-state index in [0.717, 1.165) is 34.9 Å². The standard InChI is InChI=1S/C31H39N3O4/c1-38-30(36)22-34(18-10-15-23-11-4-2-5-12-23)31(37)28(19-24-13-6-3-7-14-24)33-29(35)20-25-21-32-27-17-9-8-16-26(25)27/h3,6-9,13-14,16-17,21,23,28,32H,2,4-5,10-12,15,18-20,22H2,1H3,(H,33,35)/t28-/m0/s1. The van der Waals surface area contributed by atoms with Crippen LogP contribution in [0.1, 0.15) is 56.1 Å². The smallest absolute Gasteiger partial charge is 0.325 e. The summed E-state index contributed by atoms with van der Waals surface area (Å²) in [6.07, 6.45) is 10.6. The first-order chi connectivity index (χ1) is 18.5. The Morgan fingerprint density at radius 3 is 2.53 bits per heavy atom. The van der Waals surface area contributed by atoms with Crippen LogP contribution in [-0.4, -0.2) is 53.9 Å². The van der Waals surface area contributed by atoms with Gasteiger partial charge in [0.25, 0.3) is 0 Å². The first kappa shape index (κ1) is 27.4. The van der Waals surface area contributed by atoms with Crippen LogP contribution in [0.2, 0.25) is 0 Å². The number of carbonyl (C=O) groups excluding carboxylic acids is 3. The van der Waals surface area contributed by atoms with Crippen LogP contribution in [0.4, 0.5) is 0 Å². The van der Waals surface area contributed by atoms with Crippen molar-refractivity contribution in [2.24, 2.45) is 5.92 Å². The molecular weight excluding hydrogens is 478 g/mol. The minimum absolute atomic E-state index is 0.121. The van der Waals surface area contributed by atoms with E-state index in [1.165, 1.54) is 39.2 Å². The van der Waals surface area contributed by atoms with E-state index >= 15 is 0 Å². The van der Waals surface area contributed by atoms with Crippen molar-refractivity contribution in [2.75, 3.05) is 20.2 Å². The number of esters is 1. The van der Waals surface area contributed by atoms with Gasteiger partial charge < -0.3 is 19.9 Å². The number of fused-ring (bicyclic) bond motifs is 1. The van der Waals surface area contributed by atoms with Gasteiger partial charge in [-0.25, -0.2) is 0 Å². The first-order valence-corrected chi connectivity index (χ1v) is 13.8. The molecule has 1 heterocycles. The van der Waals surface area contributed by atoms with Crippen LogP contribution in [0, 0.1) is 5.92 Å². The summed E-state index contributed by atoms with van der Waals surface area (Å²) in [5.41, 5.74) is 2.79. The van der Waals surface area contributed by atoms with Crippen LogP contribution in [0.15, 0.2) is 60.8 Å². The lowest BCUT2D eigenvalue weighted by atomic mass is 9.86. The number of nitrogens with one attached hydrogen (secondary N) is 2. The number of hydrogen-bond acceptors (Lipinski definition) is 4. The number of H-pyrrole nitrogens is 1. The predicted octanol–water partition coefficient (Wildman–Crippen LogP) is 4.80. The highest BCUT2D eigenvalue weighted by Crippen LogP contribution is 2.27. The van der Waals surface area contributed by atoms with Crippen molar-refractivity contribution in [1.29, 1.82) is 0 Å². The average molecular weight is 518 g/mol. The molecule has 202 valence electrons. The molecule has 1 atom stereocenters. The van der Waals surface area contributed by atoms with Crippen molar-refractivity contribution in [3.8, 4) is 0 Å². The molecule has 7 nitrogen and oxygen atoms in total. The molecule has 2 N–H and O–H groups in total. The van der Waals surface area contributed by atoms with Gasteiger partial charge in [0.05, 0.1) is 13.5 Å². The number of aromatic nitrogens is 1. The van der Waals surface area contributed by atoms with Gasteiger partial charge in [0.15, 0.2) is 0 Å². The van der Waals surface area contributed by atoms with Crippen LogP contribution in [0.25, 0.3) is 10.9 Å². The number of ether oxygens (including phenoxy) is 1. The van der Waals surface area contributed by atoms with Gasteiger partial charge in [-0.1, -0.05) is 80.6 Å². The van der Waals surface area contributed by atoms with Crippen molar-refractivity contribution in [3.05, 3.63) is 71.9 Å². The highest BCUT2D eigenvalue weighted by Gasteiger charge is 2.28. The predicted molar refractivity (Wildman–Crippen MR) is 148 cm³/mol. The lowest BCUT2D eigenvalue weighted by Crippen LogP contribution is -2.51. The Hall–Kier alpha value is -3.61. The summed E-state index contributed by atoms with van der Waals surface area (Å²) in [6.45, 7) is 0.345. The molecule has 1 aliphatic carbocycles. The van der Waals surface area contributed by atoms with Gasteiger partial charge in [-0.3, -0.25) is 14.4 Å². The van der Waals surface area contributed by atoms with E-state index in [4.69, 9.17) is 4.74 Å². The Bertz CT molecular complexity index is 1200. The second-order valence-electron chi connectivity index (χ2n) is 10.3. The first-order valence-electron chi connectivity index (χ1n) is 13.8. The number of nitrogens with zero attached hydrogens (tertiary/aromatic N) is 1. The average Bonchev–Trinajstić information content (AvgIpc) is 3.35. The van der Waals surface area contributed by atoms with Gasteiger partial charge >= 0.3 is 5.97 Å². The number of rotatable bonds is 12. The van der Waals surface area contributed by atoms with Gasteiger partial charge in [0.1, 0.15) is 12.6 Å². The SMILES string of the molecule is COC(=O)CN(CCCC1CCCCC1)C(=O)[C@H](Cc1ccccc1)NC(=O)Cc1c[nH]c2ccccc12. The molecule has 0 bridgehead atoms. The van der Waals surface area contributed by atoms with Crippen molar-refractivity contribution in [2.45, 2.75) is 63.8 Å². The second kappa shape index (κ2) is 13.8. The molecule has 0 saturated heterocycles. The van der Waals surface area contributed by atoms with E-state index in [1.54, 1.807) is 4.90 Å². The summed E-state index contributed by atoms with van der Waals surface area (Å²) in [5.74, 6) is -0.256. The summed E-state index contributed by atoms with van der Waals surface area (Å²) in [4.78, 5) is 44.0. The van der Waals surface area contributed by atoms with Crippen LogP contribution in [0.5, 0.6) is 0 Å². The number of methoxy groups -OCH3 is 1. The maximum Gasteiger partial charge on any atom is 0.325 e. The molecule has 1 saturated carbocycles. The van der Waals surface area contributed by atoms with Crippen molar-refractivity contribution in [1.82, 2.24) is 15.2 Å². The lowest BCUT2D eigenvalue weighted by molar-refractivity contribution is -0.148. The van der Waals surface area contributed by atoms with E-state index in [-0.39, 0.29) is 24.8 Å². The summed E-state index contributed by atoms with van der Waals surface area (Å²) in [6, 6.07) is 16.7. The van der Waals surface area contributed by atoms with Crippen molar-refractivity contribution < 1.29 is 19.1 Å². The van der Waals surface area contributed by atoms with Gasteiger partial charge in [-0.2, -0.15) is 0 Å². The third-order valence-electron chi connectivity index (χ3n) is 7.57. The zero-order chi connectivity index (χ0) is 26.7. The molecule has 3 aromatic rings. The van der Waals surface area contributed by atoms with Gasteiger partial charge in [0, 0.05) is 30.1 Å². The lowest BCUT2D eigenvalue weighted by Gasteiger charge is -2.28. The van der Waals surface area contributed by atoms with Crippen molar-refractivity contribution in [3.63, 3.8) is 0 Å². The Balaban J connectivity index is 1.47. The Labute approximate surface area is 224 Å². The van der Waals surface area contributed by atoms with E-state index in [1.807, 2.05) is 60.8 Å². The summed E-state index contributed by atoms with van der Waals surface area (Å²) in [7, 11) is 1.33. The van der Waals surface area contributed by atoms with Crippen LogP contribution >= 0.6 is 0 Å². The van der Waals surface area contributed by atoms with Gasteiger partial charge in [-0.05, 0) is 36.0 Å². The molecule has 0 radical (unpaired) electrons. The van der Waals surface area contributed by atoms with E-state index in [0.29, 0.717) is 18.9 Å².